The lowest BCUT2D eigenvalue weighted by Gasteiger charge is -2.32. The highest BCUT2D eigenvalue weighted by Gasteiger charge is 2.25. The van der Waals surface area contributed by atoms with Crippen molar-refractivity contribution < 1.29 is 9.47 Å². The van der Waals surface area contributed by atoms with Crippen LogP contribution in [0.25, 0.3) is 0 Å². The third-order valence-corrected chi connectivity index (χ3v) is 3.70. The first-order valence-electron chi connectivity index (χ1n) is 6.68. The summed E-state index contributed by atoms with van der Waals surface area (Å²) in [7, 11) is 3.52. The lowest BCUT2D eigenvalue weighted by molar-refractivity contribution is 0.0605. The third kappa shape index (κ3) is 2.96. The van der Waals surface area contributed by atoms with Crippen LogP contribution in [0.15, 0.2) is 18.2 Å². The van der Waals surface area contributed by atoms with E-state index in [0.29, 0.717) is 12.1 Å². The highest BCUT2D eigenvalue weighted by molar-refractivity contribution is 5.58. The van der Waals surface area contributed by atoms with Crippen molar-refractivity contribution in [1.29, 1.82) is 0 Å². The Morgan fingerprint density at radius 3 is 2.67 bits per heavy atom. The van der Waals surface area contributed by atoms with E-state index in [2.05, 4.69) is 24.4 Å². The molecule has 2 unspecified atom stereocenters. The van der Waals surface area contributed by atoms with Gasteiger partial charge in [0.2, 0.25) is 0 Å². The standard InChI is InChI=1S/C15H23NO2/c1-11-8-9-15(18-3)13(10-11)16-12-6-4-5-7-14(12)17-2/h8-10,12,14,16H,4-7H2,1-3H3. The molecule has 1 saturated carbocycles. The first kappa shape index (κ1) is 13.2. The Labute approximate surface area is 109 Å². The number of aryl methyl sites for hydroxylation is 1. The SMILES string of the molecule is COc1ccc(C)cc1NC1CCCCC1OC. The fraction of sp³-hybridized carbons (Fsp3) is 0.600. The molecule has 100 valence electrons. The number of nitrogens with one attached hydrogen (secondary N) is 1. The van der Waals surface area contributed by atoms with E-state index in [1.54, 1.807) is 14.2 Å². The minimum absolute atomic E-state index is 0.309. The summed E-state index contributed by atoms with van der Waals surface area (Å²) in [4.78, 5) is 0. The second kappa shape index (κ2) is 6.10. The van der Waals surface area contributed by atoms with Gasteiger partial charge in [-0.05, 0) is 37.5 Å². The number of hydrogen-bond donors (Lipinski definition) is 1. The van der Waals surface area contributed by atoms with Gasteiger partial charge in [0.1, 0.15) is 5.75 Å². The Kier molecular flexibility index (Phi) is 4.48. The van der Waals surface area contributed by atoms with Crippen LogP contribution in [0.2, 0.25) is 0 Å². The van der Waals surface area contributed by atoms with Crippen molar-refractivity contribution in [3.05, 3.63) is 23.8 Å². The van der Waals surface area contributed by atoms with Gasteiger partial charge < -0.3 is 14.8 Å². The summed E-state index contributed by atoms with van der Waals surface area (Å²) in [5.41, 5.74) is 2.31. The van der Waals surface area contributed by atoms with Crippen LogP contribution in [-0.4, -0.2) is 26.4 Å². The molecule has 0 heterocycles. The van der Waals surface area contributed by atoms with E-state index < -0.39 is 0 Å². The van der Waals surface area contributed by atoms with Crippen molar-refractivity contribution >= 4 is 5.69 Å². The maximum absolute atomic E-state index is 5.58. The summed E-state index contributed by atoms with van der Waals surface area (Å²) >= 11 is 0. The average molecular weight is 249 g/mol. The molecular formula is C15H23NO2. The molecule has 0 amide bonds. The molecule has 0 radical (unpaired) electrons. The summed E-state index contributed by atoms with van der Waals surface area (Å²) in [5, 5.41) is 3.59. The van der Waals surface area contributed by atoms with E-state index in [4.69, 9.17) is 9.47 Å². The van der Waals surface area contributed by atoms with Crippen LogP contribution in [0.3, 0.4) is 0 Å². The highest BCUT2D eigenvalue weighted by Crippen LogP contribution is 2.30. The molecule has 3 heteroatoms. The predicted octanol–water partition coefficient (Wildman–Crippen LogP) is 3.37. The maximum Gasteiger partial charge on any atom is 0.141 e. The fourth-order valence-corrected chi connectivity index (χ4v) is 2.68. The zero-order valence-electron chi connectivity index (χ0n) is 11.5. The van der Waals surface area contributed by atoms with Gasteiger partial charge >= 0.3 is 0 Å². The Balaban J connectivity index is 2.14. The van der Waals surface area contributed by atoms with Gasteiger partial charge in [-0.3, -0.25) is 0 Å². The molecule has 1 aliphatic carbocycles. The molecule has 1 aromatic rings. The molecule has 3 nitrogen and oxygen atoms in total. The van der Waals surface area contributed by atoms with Crippen molar-refractivity contribution in [3.63, 3.8) is 0 Å². The molecule has 1 aliphatic rings. The van der Waals surface area contributed by atoms with Gasteiger partial charge in [-0.1, -0.05) is 18.9 Å². The third-order valence-electron chi connectivity index (χ3n) is 3.70. The number of benzene rings is 1. The van der Waals surface area contributed by atoms with Crippen molar-refractivity contribution in [3.8, 4) is 5.75 Å². The predicted molar refractivity (Wildman–Crippen MR) is 74.4 cm³/mol. The van der Waals surface area contributed by atoms with Crippen LogP contribution in [0.1, 0.15) is 31.2 Å². The summed E-state index contributed by atoms with van der Waals surface area (Å²) in [6.45, 7) is 2.10. The zero-order chi connectivity index (χ0) is 13.0. The average Bonchev–Trinajstić information content (AvgIpc) is 2.40. The summed E-state index contributed by atoms with van der Waals surface area (Å²) in [6.07, 6.45) is 5.15. The second-order valence-corrected chi connectivity index (χ2v) is 5.01. The topological polar surface area (TPSA) is 30.5 Å². The van der Waals surface area contributed by atoms with Crippen molar-refractivity contribution in [2.75, 3.05) is 19.5 Å². The molecule has 1 N–H and O–H groups in total. The molecule has 0 spiro atoms. The maximum atomic E-state index is 5.58. The largest absolute Gasteiger partial charge is 0.495 e. The van der Waals surface area contributed by atoms with E-state index >= 15 is 0 Å². The first-order valence-corrected chi connectivity index (χ1v) is 6.68. The van der Waals surface area contributed by atoms with Gasteiger partial charge in [0, 0.05) is 7.11 Å². The quantitative estimate of drug-likeness (QED) is 0.887. The molecule has 0 aliphatic heterocycles. The molecule has 1 aromatic carbocycles. The van der Waals surface area contributed by atoms with Crippen LogP contribution >= 0.6 is 0 Å². The van der Waals surface area contributed by atoms with E-state index in [0.717, 1.165) is 24.3 Å². The molecule has 2 atom stereocenters. The minimum Gasteiger partial charge on any atom is -0.495 e. The summed E-state index contributed by atoms with van der Waals surface area (Å²) in [5.74, 6) is 0.904. The lowest BCUT2D eigenvalue weighted by Crippen LogP contribution is -2.37. The molecule has 2 rings (SSSR count). The van der Waals surface area contributed by atoms with E-state index in [9.17, 15) is 0 Å². The van der Waals surface area contributed by atoms with Crippen molar-refractivity contribution in [2.24, 2.45) is 0 Å². The van der Waals surface area contributed by atoms with Gasteiger partial charge in [0.05, 0.1) is 24.9 Å². The number of rotatable bonds is 4. The smallest absolute Gasteiger partial charge is 0.141 e. The molecule has 0 saturated heterocycles. The van der Waals surface area contributed by atoms with E-state index in [1.165, 1.54) is 18.4 Å². The van der Waals surface area contributed by atoms with Crippen LogP contribution in [0.5, 0.6) is 5.75 Å². The summed E-state index contributed by atoms with van der Waals surface area (Å²) in [6, 6.07) is 6.61. The van der Waals surface area contributed by atoms with Gasteiger partial charge in [-0.25, -0.2) is 0 Å². The van der Waals surface area contributed by atoms with Crippen LogP contribution < -0.4 is 10.1 Å². The second-order valence-electron chi connectivity index (χ2n) is 5.01. The number of ether oxygens (including phenoxy) is 2. The Hall–Kier alpha value is -1.22. The number of hydrogen-bond acceptors (Lipinski definition) is 3. The molecular weight excluding hydrogens is 226 g/mol. The summed E-state index contributed by atoms with van der Waals surface area (Å²) < 4.78 is 11.0. The first-order chi connectivity index (χ1) is 8.74. The van der Waals surface area contributed by atoms with Gasteiger partial charge in [-0.15, -0.1) is 0 Å². The molecule has 1 fully saturated rings. The number of anilines is 1. The normalized spacial score (nSPS) is 23.7. The van der Waals surface area contributed by atoms with Crippen LogP contribution in [-0.2, 0) is 4.74 Å². The van der Waals surface area contributed by atoms with E-state index in [1.807, 2.05) is 6.07 Å². The highest BCUT2D eigenvalue weighted by atomic mass is 16.5. The van der Waals surface area contributed by atoms with Gasteiger partial charge in [0.25, 0.3) is 0 Å². The molecule has 0 bridgehead atoms. The molecule has 0 aromatic heterocycles. The zero-order valence-corrected chi connectivity index (χ0v) is 11.5. The van der Waals surface area contributed by atoms with Crippen molar-refractivity contribution in [2.45, 2.75) is 44.8 Å². The fourth-order valence-electron chi connectivity index (χ4n) is 2.68. The van der Waals surface area contributed by atoms with Gasteiger partial charge in [0.15, 0.2) is 0 Å². The Bertz CT molecular complexity index is 392. The van der Waals surface area contributed by atoms with Gasteiger partial charge in [-0.2, -0.15) is 0 Å². The Morgan fingerprint density at radius 1 is 1.17 bits per heavy atom. The minimum atomic E-state index is 0.309. The lowest BCUT2D eigenvalue weighted by atomic mass is 9.92. The van der Waals surface area contributed by atoms with Crippen molar-refractivity contribution in [1.82, 2.24) is 0 Å². The number of methoxy groups -OCH3 is 2. The van der Waals surface area contributed by atoms with Crippen LogP contribution in [0, 0.1) is 6.92 Å². The Morgan fingerprint density at radius 2 is 1.94 bits per heavy atom. The van der Waals surface area contributed by atoms with E-state index in [-0.39, 0.29) is 0 Å². The van der Waals surface area contributed by atoms with Crippen LogP contribution in [0.4, 0.5) is 5.69 Å². The monoisotopic (exact) mass is 249 g/mol. The molecule has 18 heavy (non-hydrogen) atoms.